The van der Waals surface area contributed by atoms with Crippen molar-refractivity contribution in [1.29, 1.82) is 0 Å². The van der Waals surface area contributed by atoms with E-state index >= 15 is 0 Å². The Morgan fingerprint density at radius 2 is 1.87 bits per heavy atom. The Bertz CT molecular complexity index is 424. The van der Waals surface area contributed by atoms with Crippen molar-refractivity contribution in [1.82, 2.24) is 0 Å². The number of rotatable bonds is 4. The van der Waals surface area contributed by atoms with Gasteiger partial charge in [-0.15, -0.1) is 0 Å². The maximum atomic E-state index is 6.13. The summed E-state index contributed by atoms with van der Waals surface area (Å²) < 4.78 is 6.13. The fourth-order valence-electron chi connectivity index (χ4n) is 7.15. The molecule has 4 rings (SSSR count). The fourth-order valence-corrected chi connectivity index (χ4v) is 7.15. The first kappa shape index (κ1) is 16.4. The van der Waals surface area contributed by atoms with Gasteiger partial charge in [-0.2, -0.15) is 0 Å². The summed E-state index contributed by atoms with van der Waals surface area (Å²) in [7, 11) is 0. The zero-order chi connectivity index (χ0) is 16.1. The highest BCUT2D eigenvalue weighted by Gasteiger charge is 2.62. The van der Waals surface area contributed by atoms with E-state index in [1.807, 2.05) is 0 Å². The van der Waals surface area contributed by atoms with Gasteiger partial charge in [0.2, 0.25) is 0 Å². The van der Waals surface area contributed by atoms with Crippen LogP contribution in [0.1, 0.15) is 91.4 Å². The minimum Gasteiger partial charge on any atom is -0.369 e. The van der Waals surface area contributed by atoms with Crippen LogP contribution in [0.5, 0.6) is 0 Å². The molecule has 0 radical (unpaired) electrons. The van der Waals surface area contributed by atoms with Crippen molar-refractivity contribution < 1.29 is 4.74 Å². The van der Waals surface area contributed by atoms with Gasteiger partial charge in [0.1, 0.15) is 0 Å². The van der Waals surface area contributed by atoms with Gasteiger partial charge in [0.15, 0.2) is 0 Å². The molecule has 132 valence electrons. The van der Waals surface area contributed by atoms with Gasteiger partial charge < -0.3 is 4.74 Å². The van der Waals surface area contributed by atoms with Crippen LogP contribution >= 0.6 is 0 Å². The Morgan fingerprint density at radius 1 is 1.04 bits per heavy atom. The summed E-state index contributed by atoms with van der Waals surface area (Å²) >= 11 is 0. The molecular weight excluding hydrogens is 280 g/mol. The van der Waals surface area contributed by atoms with Crippen molar-refractivity contribution in [2.45, 2.75) is 97.0 Å². The van der Waals surface area contributed by atoms with Crippen LogP contribution < -0.4 is 0 Å². The third-order valence-corrected chi connectivity index (χ3v) is 8.55. The topological polar surface area (TPSA) is 12.5 Å². The molecule has 4 fully saturated rings. The summed E-state index contributed by atoms with van der Waals surface area (Å²) in [4.78, 5) is 0. The lowest BCUT2D eigenvalue weighted by Crippen LogP contribution is -2.52. The lowest BCUT2D eigenvalue weighted by atomic mass is 9.46. The van der Waals surface area contributed by atoms with Gasteiger partial charge in [-0.1, -0.05) is 46.5 Å². The average Bonchev–Trinajstić information content (AvgIpc) is 3.29. The van der Waals surface area contributed by atoms with Crippen molar-refractivity contribution >= 4 is 0 Å². The van der Waals surface area contributed by atoms with Crippen LogP contribution in [0.25, 0.3) is 0 Å². The number of hydrogen-bond acceptors (Lipinski definition) is 1. The van der Waals surface area contributed by atoms with Gasteiger partial charge in [-0.05, 0) is 80.0 Å². The van der Waals surface area contributed by atoms with E-state index in [9.17, 15) is 0 Å². The van der Waals surface area contributed by atoms with E-state index in [2.05, 4.69) is 20.8 Å². The van der Waals surface area contributed by atoms with E-state index < -0.39 is 0 Å². The normalized spacial score (nSPS) is 49.0. The highest BCUT2D eigenvalue weighted by Crippen LogP contribution is 2.64. The number of epoxide rings is 1. The largest absolute Gasteiger partial charge is 0.369 e. The molecule has 0 aromatic rings. The SMILES string of the molecule is CC(C)CCC[C@H]1[C@@H]2CC[C@H]3CCCC[C@]3(C)[C@H]2CC[C@]12CO2. The maximum absolute atomic E-state index is 6.13. The molecule has 3 aliphatic carbocycles. The monoisotopic (exact) mass is 318 g/mol. The van der Waals surface area contributed by atoms with Crippen LogP contribution in [0.3, 0.4) is 0 Å². The molecule has 1 aliphatic heterocycles. The summed E-state index contributed by atoms with van der Waals surface area (Å²) in [6.07, 6.45) is 16.2. The summed E-state index contributed by atoms with van der Waals surface area (Å²) in [5, 5.41) is 0. The van der Waals surface area contributed by atoms with Crippen LogP contribution in [0, 0.1) is 35.0 Å². The molecule has 0 N–H and O–H groups in total. The van der Waals surface area contributed by atoms with Gasteiger partial charge in [-0.3, -0.25) is 0 Å². The van der Waals surface area contributed by atoms with E-state index in [0.29, 0.717) is 11.0 Å². The Labute approximate surface area is 143 Å². The Morgan fingerprint density at radius 3 is 2.61 bits per heavy atom. The minimum absolute atomic E-state index is 0.343. The predicted octanol–water partition coefficient (Wildman–Crippen LogP) is 6.21. The van der Waals surface area contributed by atoms with E-state index in [1.54, 1.807) is 0 Å². The summed E-state index contributed by atoms with van der Waals surface area (Å²) in [5.74, 6) is 4.79. The molecule has 0 unspecified atom stereocenters. The third kappa shape index (κ3) is 2.79. The van der Waals surface area contributed by atoms with Crippen molar-refractivity contribution in [3.8, 4) is 0 Å². The molecule has 1 nitrogen and oxygen atoms in total. The molecule has 1 saturated heterocycles. The lowest BCUT2D eigenvalue weighted by Gasteiger charge is -2.58. The highest BCUT2D eigenvalue weighted by atomic mass is 16.6. The van der Waals surface area contributed by atoms with Crippen LogP contribution in [0.4, 0.5) is 0 Å². The predicted molar refractivity (Wildman–Crippen MR) is 96.4 cm³/mol. The molecule has 0 aromatic carbocycles. The maximum Gasteiger partial charge on any atom is 0.0947 e. The van der Waals surface area contributed by atoms with Gasteiger partial charge >= 0.3 is 0 Å². The quantitative estimate of drug-likeness (QED) is 0.561. The minimum atomic E-state index is 0.343. The number of hydrogen-bond donors (Lipinski definition) is 0. The Kier molecular flexibility index (Phi) is 4.32. The van der Waals surface area contributed by atoms with E-state index in [-0.39, 0.29) is 0 Å². The third-order valence-electron chi connectivity index (χ3n) is 8.55. The zero-order valence-electron chi connectivity index (χ0n) is 15.8. The molecule has 1 heteroatoms. The average molecular weight is 319 g/mol. The zero-order valence-corrected chi connectivity index (χ0v) is 15.8. The molecule has 3 saturated carbocycles. The summed E-state index contributed by atoms with van der Waals surface area (Å²) in [6.45, 7) is 8.52. The van der Waals surface area contributed by atoms with Crippen LogP contribution in [0.2, 0.25) is 0 Å². The first-order chi connectivity index (χ1) is 11.1. The standard InChI is InChI=1S/C22H38O/c1-16(2)7-6-9-20-18-11-10-17-8-4-5-13-21(17,3)19(18)12-14-22(20)15-23-22/h16-20H,4-15H2,1-3H3/t17-,18-,19+,20+,21+,22+/m1/s1. The highest BCUT2D eigenvalue weighted by molar-refractivity contribution is 5.10. The van der Waals surface area contributed by atoms with Crippen LogP contribution in [0.15, 0.2) is 0 Å². The first-order valence-electron chi connectivity index (χ1n) is 10.7. The Balaban J connectivity index is 1.51. The number of ether oxygens (including phenoxy) is 1. The fraction of sp³-hybridized carbons (Fsp3) is 1.00. The van der Waals surface area contributed by atoms with Gasteiger partial charge in [0.05, 0.1) is 12.2 Å². The van der Waals surface area contributed by atoms with Crippen molar-refractivity contribution in [3.05, 3.63) is 0 Å². The first-order valence-corrected chi connectivity index (χ1v) is 10.7. The molecule has 23 heavy (non-hydrogen) atoms. The molecule has 4 aliphatic rings. The van der Waals surface area contributed by atoms with Crippen molar-refractivity contribution in [2.24, 2.45) is 35.0 Å². The van der Waals surface area contributed by atoms with Crippen LogP contribution in [-0.4, -0.2) is 12.2 Å². The molecule has 0 aromatic heterocycles. The van der Waals surface area contributed by atoms with E-state index in [0.717, 1.165) is 36.2 Å². The summed E-state index contributed by atoms with van der Waals surface area (Å²) in [5.41, 5.74) is 1.02. The Hall–Kier alpha value is -0.0400. The van der Waals surface area contributed by atoms with Gasteiger partial charge in [0, 0.05) is 0 Å². The second kappa shape index (κ2) is 6.04. The lowest BCUT2D eigenvalue weighted by molar-refractivity contribution is -0.0968. The number of fused-ring (bicyclic) bond motifs is 3. The van der Waals surface area contributed by atoms with Gasteiger partial charge in [-0.25, -0.2) is 0 Å². The molecule has 6 atom stereocenters. The molecule has 1 spiro atoms. The molecular formula is C22H38O. The molecule has 0 amide bonds. The summed E-state index contributed by atoms with van der Waals surface area (Å²) in [6, 6.07) is 0. The van der Waals surface area contributed by atoms with E-state index in [1.165, 1.54) is 70.6 Å². The van der Waals surface area contributed by atoms with Crippen molar-refractivity contribution in [2.75, 3.05) is 6.61 Å². The molecule has 1 heterocycles. The van der Waals surface area contributed by atoms with Crippen molar-refractivity contribution in [3.63, 3.8) is 0 Å². The van der Waals surface area contributed by atoms with Gasteiger partial charge in [0.25, 0.3) is 0 Å². The van der Waals surface area contributed by atoms with E-state index in [4.69, 9.17) is 4.74 Å². The smallest absolute Gasteiger partial charge is 0.0947 e. The molecule has 0 bridgehead atoms. The second-order valence-electron chi connectivity index (χ2n) is 10.1. The second-order valence-corrected chi connectivity index (χ2v) is 10.1. The van der Waals surface area contributed by atoms with Crippen LogP contribution in [-0.2, 0) is 4.74 Å².